The van der Waals surface area contributed by atoms with Gasteiger partial charge in [-0.1, -0.05) is 30.7 Å². The minimum atomic E-state index is -4.12. The Kier molecular flexibility index (Phi) is 9.21. The Balaban J connectivity index is 2.06. The molecule has 186 valence electrons. The average Bonchev–Trinajstić information content (AvgIpc) is 2.77. The van der Waals surface area contributed by atoms with Gasteiger partial charge in [0, 0.05) is 13.1 Å². The van der Waals surface area contributed by atoms with Crippen molar-refractivity contribution in [1.29, 1.82) is 0 Å². The molecule has 34 heavy (non-hydrogen) atoms. The summed E-state index contributed by atoms with van der Waals surface area (Å²) >= 11 is 5.83. The summed E-state index contributed by atoms with van der Waals surface area (Å²) in [5.41, 5.74) is 0.121. The van der Waals surface area contributed by atoms with Crippen LogP contribution in [-0.2, 0) is 26.5 Å². The molecule has 0 unspecified atom stereocenters. The summed E-state index contributed by atoms with van der Waals surface area (Å²) in [4.78, 5) is 21.4. The summed E-state index contributed by atoms with van der Waals surface area (Å²) in [7, 11) is -7.01. The highest BCUT2D eigenvalue weighted by Gasteiger charge is 2.25. The van der Waals surface area contributed by atoms with Crippen LogP contribution in [0.25, 0.3) is 0 Å². The van der Waals surface area contributed by atoms with Crippen molar-refractivity contribution in [3.8, 4) is 5.75 Å². The van der Waals surface area contributed by atoms with Crippen LogP contribution in [0.1, 0.15) is 18.9 Å². The van der Waals surface area contributed by atoms with Gasteiger partial charge < -0.3 is 10.1 Å². The predicted octanol–water partition coefficient (Wildman–Crippen LogP) is 2.18. The second-order valence-electron chi connectivity index (χ2n) is 6.86. The highest BCUT2D eigenvalue weighted by molar-refractivity contribution is 7.90. The number of nitro groups is 1. The van der Waals surface area contributed by atoms with Crippen molar-refractivity contribution in [2.75, 3.05) is 20.2 Å². The van der Waals surface area contributed by atoms with E-state index in [0.717, 1.165) is 12.1 Å². The molecule has 0 atom stereocenters. The van der Waals surface area contributed by atoms with E-state index in [1.807, 2.05) is 11.6 Å². The molecular formula is C19H23ClN4O8S2. The Morgan fingerprint density at radius 2 is 1.74 bits per heavy atom. The van der Waals surface area contributed by atoms with Gasteiger partial charge in [0.25, 0.3) is 15.7 Å². The topological polar surface area (TPSA) is 174 Å². The van der Waals surface area contributed by atoms with E-state index < -0.39 is 36.7 Å². The fourth-order valence-electron chi connectivity index (χ4n) is 2.73. The number of nitro benzene ring substituents is 1. The second-order valence-corrected chi connectivity index (χ2v) is 10.7. The Labute approximate surface area is 201 Å². The van der Waals surface area contributed by atoms with Gasteiger partial charge in [0.1, 0.15) is 15.7 Å². The fourth-order valence-corrected chi connectivity index (χ4v) is 5.16. The van der Waals surface area contributed by atoms with Gasteiger partial charge in [-0.2, -0.15) is 0 Å². The number of nitrogens with one attached hydrogen (secondary N) is 3. The maximum Gasteiger partial charge on any atom is 0.328 e. The van der Waals surface area contributed by atoms with Gasteiger partial charge >= 0.3 is 6.03 Å². The number of amides is 2. The molecule has 0 aliphatic heterocycles. The number of carbonyl (C=O) groups is 1. The number of benzene rings is 2. The van der Waals surface area contributed by atoms with Crippen LogP contribution < -0.4 is 19.5 Å². The highest BCUT2D eigenvalue weighted by Crippen LogP contribution is 2.34. The van der Waals surface area contributed by atoms with E-state index in [-0.39, 0.29) is 33.5 Å². The largest absolute Gasteiger partial charge is 0.495 e. The smallest absolute Gasteiger partial charge is 0.328 e. The lowest BCUT2D eigenvalue weighted by molar-refractivity contribution is -0.384. The molecule has 0 aliphatic carbocycles. The van der Waals surface area contributed by atoms with Crippen molar-refractivity contribution in [1.82, 2.24) is 14.8 Å². The SMILES string of the molecule is CCCNC(=O)NS(=O)(=O)c1ccc(CCNS(=O)(=O)c2cc(Cl)c([N+](=O)[O-])cc2OC)cc1. The number of hydrogen-bond donors (Lipinski definition) is 3. The fraction of sp³-hybridized carbons (Fsp3) is 0.316. The summed E-state index contributed by atoms with van der Waals surface area (Å²) in [6.45, 7) is 2.09. The number of halogens is 1. The van der Waals surface area contributed by atoms with Crippen LogP contribution >= 0.6 is 11.6 Å². The van der Waals surface area contributed by atoms with Crippen molar-refractivity contribution >= 4 is 43.4 Å². The first kappa shape index (κ1) is 27.3. The van der Waals surface area contributed by atoms with E-state index in [9.17, 15) is 31.7 Å². The number of carbonyl (C=O) groups excluding carboxylic acids is 1. The molecule has 15 heteroatoms. The molecule has 0 aliphatic rings. The molecule has 2 aromatic rings. The van der Waals surface area contributed by atoms with Crippen molar-refractivity contribution in [2.24, 2.45) is 0 Å². The third-order valence-corrected chi connectivity index (χ3v) is 7.55. The van der Waals surface area contributed by atoms with E-state index in [1.54, 1.807) is 0 Å². The van der Waals surface area contributed by atoms with Gasteiger partial charge in [0.15, 0.2) is 0 Å². The zero-order valence-electron chi connectivity index (χ0n) is 18.2. The maximum absolute atomic E-state index is 12.7. The predicted molar refractivity (Wildman–Crippen MR) is 124 cm³/mol. The summed E-state index contributed by atoms with van der Waals surface area (Å²) in [5.74, 6) is -0.242. The third-order valence-electron chi connectivity index (χ3n) is 4.42. The van der Waals surface area contributed by atoms with Crippen molar-refractivity contribution < 1.29 is 31.3 Å². The highest BCUT2D eigenvalue weighted by atomic mass is 35.5. The van der Waals surface area contributed by atoms with E-state index >= 15 is 0 Å². The number of hydrogen-bond acceptors (Lipinski definition) is 8. The molecule has 2 rings (SSSR count). The molecule has 0 bridgehead atoms. The lowest BCUT2D eigenvalue weighted by Crippen LogP contribution is -2.39. The molecule has 3 N–H and O–H groups in total. The van der Waals surface area contributed by atoms with Gasteiger partial charge in [0.2, 0.25) is 10.0 Å². The van der Waals surface area contributed by atoms with Gasteiger partial charge in [-0.05, 0) is 36.6 Å². The van der Waals surface area contributed by atoms with Crippen LogP contribution in [0.3, 0.4) is 0 Å². The molecule has 0 saturated carbocycles. The average molecular weight is 535 g/mol. The quantitative estimate of drug-likeness (QED) is 0.290. The molecule has 0 aromatic heterocycles. The normalized spacial score (nSPS) is 11.6. The first-order valence-corrected chi connectivity index (χ1v) is 13.2. The number of methoxy groups -OCH3 is 1. The third kappa shape index (κ3) is 7.03. The van der Waals surface area contributed by atoms with Crippen LogP contribution in [0.2, 0.25) is 5.02 Å². The lowest BCUT2D eigenvalue weighted by Gasteiger charge is -2.12. The van der Waals surface area contributed by atoms with Gasteiger partial charge in [0.05, 0.1) is 23.0 Å². The summed E-state index contributed by atoms with van der Waals surface area (Å²) in [6.07, 6.45) is 0.850. The molecule has 0 spiro atoms. The summed E-state index contributed by atoms with van der Waals surface area (Å²) < 4.78 is 59.0. The van der Waals surface area contributed by atoms with E-state index in [0.29, 0.717) is 18.5 Å². The monoisotopic (exact) mass is 534 g/mol. The summed E-state index contributed by atoms with van der Waals surface area (Å²) in [5, 5.41) is 13.0. The van der Waals surface area contributed by atoms with Crippen molar-refractivity contribution in [3.63, 3.8) is 0 Å². The van der Waals surface area contributed by atoms with Crippen LogP contribution in [0.5, 0.6) is 5.75 Å². The van der Waals surface area contributed by atoms with Crippen LogP contribution in [0.4, 0.5) is 10.5 Å². The Bertz CT molecular complexity index is 1270. The minimum absolute atomic E-state index is 0.0656. The molecular weight excluding hydrogens is 512 g/mol. The Morgan fingerprint density at radius 3 is 2.29 bits per heavy atom. The molecule has 0 fully saturated rings. The van der Waals surface area contributed by atoms with Gasteiger partial charge in [-0.3, -0.25) is 10.1 Å². The first-order chi connectivity index (χ1) is 15.9. The number of urea groups is 1. The van der Waals surface area contributed by atoms with Crippen LogP contribution in [0, 0.1) is 10.1 Å². The van der Waals surface area contributed by atoms with Crippen LogP contribution in [0.15, 0.2) is 46.2 Å². The lowest BCUT2D eigenvalue weighted by atomic mass is 10.2. The molecule has 0 saturated heterocycles. The van der Waals surface area contributed by atoms with E-state index in [1.165, 1.54) is 31.4 Å². The van der Waals surface area contributed by atoms with E-state index in [4.69, 9.17) is 16.3 Å². The Hall–Kier alpha value is -2.94. The first-order valence-electron chi connectivity index (χ1n) is 9.82. The molecule has 2 aromatic carbocycles. The second kappa shape index (κ2) is 11.5. The number of nitrogens with zero attached hydrogens (tertiary/aromatic N) is 1. The zero-order valence-corrected chi connectivity index (χ0v) is 20.6. The van der Waals surface area contributed by atoms with Crippen LogP contribution in [-0.4, -0.2) is 48.0 Å². The van der Waals surface area contributed by atoms with E-state index in [2.05, 4.69) is 10.0 Å². The maximum atomic E-state index is 12.7. The number of rotatable bonds is 11. The molecule has 0 radical (unpaired) electrons. The Morgan fingerprint density at radius 1 is 1.09 bits per heavy atom. The molecule has 2 amide bonds. The minimum Gasteiger partial charge on any atom is -0.495 e. The molecule has 0 heterocycles. The number of sulfonamides is 2. The van der Waals surface area contributed by atoms with Gasteiger partial charge in [-0.25, -0.2) is 31.1 Å². The molecule has 12 nitrogen and oxygen atoms in total. The standard InChI is InChI=1S/C19H23ClN4O8S2/c1-3-9-21-19(25)23-33(28,29)14-6-4-13(5-7-14)8-10-22-34(30,31)18-11-15(20)16(24(26)27)12-17(18)32-2/h4-7,11-12,22H,3,8-10H2,1-2H3,(H2,21,23,25). The van der Waals surface area contributed by atoms with Crippen molar-refractivity contribution in [2.45, 2.75) is 29.6 Å². The summed E-state index contributed by atoms with van der Waals surface area (Å²) in [6, 6.07) is 6.57. The van der Waals surface area contributed by atoms with Gasteiger partial charge in [-0.15, -0.1) is 0 Å². The van der Waals surface area contributed by atoms with Crippen molar-refractivity contribution in [3.05, 3.63) is 57.1 Å². The number of ether oxygens (including phenoxy) is 1. The zero-order chi connectivity index (χ0) is 25.5.